The summed E-state index contributed by atoms with van der Waals surface area (Å²) in [7, 11) is -3.62. The van der Waals surface area contributed by atoms with Crippen molar-refractivity contribution in [2.45, 2.75) is 50.0 Å². The molecule has 2 aliphatic rings. The Kier molecular flexibility index (Phi) is 6.07. The van der Waals surface area contributed by atoms with Gasteiger partial charge in [-0.25, -0.2) is 13.2 Å². The van der Waals surface area contributed by atoms with Crippen LogP contribution in [0.15, 0.2) is 52.2 Å². The Morgan fingerprint density at radius 3 is 2.41 bits per heavy atom. The average molecular weight is 483 g/mol. The number of carbonyl (C=O) groups excluding carboxylic acids is 1. The largest absolute Gasteiger partial charge is 0.338 e. The number of imidazole rings is 1. The molecule has 9 heteroatoms. The lowest BCUT2D eigenvalue weighted by Gasteiger charge is -2.33. The molecule has 0 unspecified atom stereocenters. The van der Waals surface area contributed by atoms with E-state index in [-0.39, 0.29) is 22.5 Å². The minimum Gasteiger partial charge on any atom is -0.338 e. The highest BCUT2D eigenvalue weighted by atomic mass is 32.2. The van der Waals surface area contributed by atoms with Crippen molar-refractivity contribution in [1.29, 1.82) is 0 Å². The number of piperidine rings is 2. The number of sulfonamides is 1. The average Bonchev–Trinajstić information content (AvgIpc) is 3.20. The summed E-state index contributed by atoms with van der Waals surface area (Å²) in [5, 5.41) is 0. The van der Waals surface area contributed by atoms with Crippen molar-refractivity contribution in [2.75, 3.05) is 26.2 Å². The van der Waals surface area contributed by atoms with Crippen molar-refractivity contribution in [1.82, 2.24) is 18.8 Å². The fourth-order valence-corrected chi connectivity index (χ4v) is 6.97. The number of nitrogens with zero attached hydrogens (tertiary/aromatic N) is 3. The van der Waals surface area contributed by atoms with E-state index in [0.717, 1.165) is 30.3 Å². The summed E-state index contributed by atoms with van der Waals surface area (Å²) >= 11 is 0. The number of benzene rings is 2. The summed E-state index contributed by atoms with van der Waals surface area (Å²) < 4.78 is 29.8. The van der Waals surface area contributed by atoms with Crippen molar-refractivity contribution < 1.29 is 13.2 Å². The molecular formula is C25H30N4O4S. The molecule has 180 valence electrons. The van der Waals surface area contributed by atoms with Crippen LogP contribution in [-0.2, 0) is 10.0 Å². The summed E-state index contributed by atoms with van der Waals surface area (Å²) in [4.78, 5) is 30.7. The summed E-state index contributed by atoms with van der Waals surface area (Å²) in [5.74, 6) is -0.167. The molecule has 0 radical (unpaired) electrons. The van der Waals surface area contributed by atoms with Crippen molar-refractivity contribution in [3.8, 4) is 0 Å². The first kappa shape index (κ1) is 22.9. The van der Waals surface area contributed by atoms with E-state index in [4.69, 9.17) is 0 Å². The summed E-state index contributed by atoms with van der Waals surface area (Å²) in [5.41, 5.74) is 2.61. The predicted molar refractivity (Wildman–Crippen MR) is 131 cm³/mol. The van der Waals surface area contributed by atoms with Gasteiger partial charge in [-0.15, -0.1) is 0 Å². The summed E-state index contributed by atoms with van der Waals surface area (Å²) in [6.07, 6.45) is 4.11. The number of fused-ring (bicyclic) bond motifs is 1. The smallest absolute Gasteiger partial charge is 0.326 e. The quantitative estimate of drug-likeness (QED) is 0.617. The highest BCUT2D eigenvalue weighted by Crippen LogP contribution is 2.28. The van der Waals surface area contributed by atoms with Gasteiger partial charge in [0.1, 0.15) is 0 Å². The molecule has 3 aromatic rings. The third kappa shape index (κ3) is 4.07. The fraction of sp³-hybridized carbons (Fsp3) is 0.440. The molecule has 1 aromatic heterocycles. The minimum atomic E-state index is -3.62. The second-order valence-electron chi connectivity index (χ2n) is 9.29. The first-order valence-corrected chi connectivity index (χ1v) is 13.4. The van der Waals surface area contributed by atoms with E-state index in [2.05, 4.69) is 4.98 Å². The number of likely N-dealkylation sites (tertiary alicyclic amines) is 1. The molecule has 2 aliphatic heterocycles. The number of aromatic amines is 1. The molecule has 8 nitrogen and oxygen atoms in total. The molecule has 2 saturated heterocycles. The molecule has 34 heavy (non-hydrogen) atoms. The SMILES string of the molecule is Cc1ccc(C(=O)N2CCC(n3c(=O)[nH]c4ccccc43)CC2)cc1S(=O)(=O)N1CCCCC1. The van der Waals surface area contributed by atoms with Gasteiger partial charge in [-0.2, -0.15) is 4.31 Å². The van der Waals surface area contributed by atoms with Crippen LogP contribution in [-0.4, -0.2) is 59.3 Å². The van der Waals surface area contributed by atoms with Crippen molar-refractivity contribution >= 4 is 27.0 Å². The normalized spacial score (nSPS) is 18.4. The van der Waals surface area contributed by atoms with Gasteiger partial charge in [0.15, 0.2) is 0 Å². The molecule has 5 rings (SSSR count). The molecule has 0 saturated carbocycles. The van der Waals surface area contributed by atoms with E-state index >= 15 is 0 Å². The number of aromatic nitrogens is 2. The van der Waals surface area contributed by atoms with E-state index in [9.17, 15) is 18.0 Å². The van der Waals surface area contributed by atoms with Gasteiger partial charge in [0.25, 0.3) is 5.91 Å². The van der Waals surface area contributed by atoms with Crippen LogP contribution in [0.25, 0.3) is 11.0 Å². The van der Waals surface area contributed by atoms with E-state index in [1.165, 1.54) is 10.4 Å². The maximum atomic E-state index is 13.3. The van der Waals surface area contributed by atoms with E-state index in [0.29, 0.717) is 50.1 Å². The van der Waals surface area contributed by atoms with Gasteiger partial charge in [0.2, 0.25) is 10.0 Å². The Morgan fingerprint density at radius 2 is 1.68 bits per heavy atom. The minimum absolute atomic E-state index is 0.0146. The third-order valence-electron chi connectivity index (χ3n) is 7.11. The zero-order valence-electron chi connectivity index (χ0n) is 19.4. The van der Waals surface area contributed by atoms with Gasteiger partial charge < -0.3 is 9.88 Å². The van der Waals surface area contributed by atoms with Gasteiger partial charge in [-0.05, 0) is 62.4 Å². The van der Waals surface area contributed by atoms with Crippen LogP contribution in [0.3, 0.4) is 0 Å². The fourth-order valence-electron chi connectivity index (χ4n) is 5.20. The standard InChI is InChI=1S/C25H30N4O4S/c1-18-9-10-19(17-23(18)34(32,33)28-13-5-2-6-14-28)24(30)27-15-11-20(12-16-27)29-22-8-4-3-7-21(22)26-25(29)31/h3-4,7-10,17,20H,2,5-6,11-16H2,1H3,(H,26,31). The lowest BCUT2D eigenvalue weighted by molar-refractivity contribution is 0.0694. The van der Waals surface area contributed by atoms with Crippen molar-refractivity contribution in [3.63, 3.8) is 0 Å². The number of hydrogen-bond donors (Lipinski definition) is 1. The van der Waals surface area contributed by atoms with Gasteiger partial charge in [0, 0.05) is 37.8 Å². The van der Waals surface area contributed by atoms with Gasteiger partial charge in [-0.3, -0.25) is 9.36 Å². The Hall–Kier alpha value is -2.91. The second kappa shape index (κ2) is 9.03. The molecule has 2 fully saturated rings. The molecule has 3 heterocycles. The zero-order chi connectivity index (χ0) is 23.9. The lowest BCUT2D eigenvalue weighted by Crippen LogP contribution is -2.40. The summed E-state index contributed by atoms with van der Waals surface area (Å²) in [6, 6.07) is 12.6. The lowest BCUT2D eigenvalue weighted by atomic mass is 10.0. The van der Waals surface area contributed by atoms with Crippen LogP contribution in [0, 0.1) is 6.92 Å². The van der Waals surface area contributed by atoms with Gasteiger partial charge in [-0.1, -0.05) is 24.6 Å². The van der Waals surface area contributed by atoms with E-state index < -0.39 is 10.0 Å². The number of amides is 1. The number of aryl methyl sites for hydroxylation is 1. The maximum Gasteiger partial charge on any atom is 0.326 e. The first-order valence-electron chi connectivity index (χ1n) is 12.0. The number of hydrogen-bond acceptors (Lipinski definition) is 4. The molecule has 0 spiro atoms. The molecule has 0 aliphatic carbocycles. The van der Waals surface area contributed by atoms with Crippen molar-refractivity contribution in [3.05, 3.63) is 64.1 Å². The van der Waals surface area contributed by atoms with Crippen LogP contribution in [0.2, 0.25) is 0 Å². The molecular weight excluding hydrogens is 452 g/mol. The van der Waals surface area contributed by atoms with Crippen molar-refractivity contribution in [2.24, 2.45) is 0 Å². The molecule has 1 amide bonds. The Balaban J connectivity index is 1.33. The number of carbonyl (C=O) groups is 1. The van der Waals surface area contributed by atoms with E-state index in [1.807, 2.05) is 24.3 Å². The number of rotatable bonds is 4. The maximum absolute atomic E-state index is 13.3. The zero-order valence-corrected chi connectivity index (χ0v) is 20.2. The molecule has 0 bridgehead atoms. The van der Waals surface area contributed by atoms with Gasteiger partial charge in [0.05, 0.1) is 15.9 Å². The number of para-hydroxylation sites is 2. The highest BCUT2D eigenvalue weighted by molar-refractivity contribution is 7.89. The third-order valence-corrected chi connectivity index (χ3v) is 9.15. The highest BCUT2D eigenvalue weighted by Gasteiger charge is 2.30. The Labute approximate surface area is 199 Å². The monoisotopic (exact) mass is 482 g/mol. The first-order chi connectivity index (χ1) is 16.4. The van der Waals surface area contributed by atoms with Crippen LogP contribution < -0.4 is 5.69 Å². The van der Waals surface area contributed by atoms with Crippen LogP contribution in [0.4, 0.5) is 0 Å². The Morgan fingerprint density at radius 1 is 0.971 bits per heavy atom. The molecule has 2 aromatic carbocycles. The number of H-pyrrole nitrogens is 1. The van der Waals surface area contributed by atoms with Gasteiger partial charge >= 0.3 is 5.69 Å². The number of nitrogens with one attached hydrogen (secondary N) is 1. The van der Waals surface area contributed by atoms with Crippen LogP contribution >= 0.6 is 0 Å². The summed E-state index contributed by atoms with van der Waals surface area (Å²) in [6.45, 7) is 3.85. The molecule has 1 N–H and O–H groups in total. The Bertz CT molecular complexity index is 1380. The van der Waals surface area contributed by atoms with Crippen LogP contribution in [0.5, 0.6) is 0 Å². The topological polar surface area (TPSA) is 95.5 Å². The molecule has 0 atom stereocenters. The second-order valence-corrected chi connectivity index (χ2v) is 11.2. The van der Waals surface area contributed by atoms with E-state index in [1.54, 1.807) is 28.5 Å². The van der Waals surface area contributed by atoms with Crippen LogP contribution in [0.1, 0.15) is 54.1 Å². The predicted octanol–water partition coefficient (Wildman–Crippen LogP) is 3.29.